The Morgan fingerprint density at radius 2 is 1.95 bits per heavy atom. The van der Waals surface area contributed by atoms with Crippen LogP contribution in [-0.2, 0) is 4.74 Å². The maximum atomic E-state index is 12.6. The Morgan fingerprint density at radius 1 is 1.35 bits per heavy atom. The van der Waals surface area contributed by atoms with Gasteiger partial charge in [0.15, 0.2) is 5.69 Å². The number of aromatic nitrogens is 1. The van der Waals surface area contributed by atoms with E-state index in [1.807, 2.05) is 0 Å². The lowest BCUT2D eigenvalue weighted by atomic mass is 9.82. The largest absolute Gasteiger partial charge is 0.464 e. The van der Waals surface area contributed by atoms with Crippen molar-refractivity contribution in [2.24, 2.45) is 5.92 Å². The van der Waals surface area contributed by atoms with Crippen molar-refractivity contribution >= 4 is 22.3 Å². The predicted molar refractivity (Wildman–Crippen MR) is 68.6 cm³/mol. The molecule has 1 aliphatic carbocycles. The lowest BCUT2D eigenvalue weighted by Gasteiger charge is -2.28. The van der Waals surface area contributed by atoms with Gasteiger partial charge < -0.3 is 10.5 Å². The highest BCUT2D eigenvalue weighted by atomic mass is 32.1. The molecule has 0 saturated heterocycles. The molecule has 2 N–H and O–H groups in total. The number of rotatable bonds is 2. The van der Waals surface area contributed by atoms with Crippen molar-refractivity contribution in [2.45, 2.75) is 37.8 Å². The first-order valence-electron chi connectivity index (χ1n) is 6.24. The molecule has 0 unspecified atom stereocenters. The van der Waals surface area contributed by atoms with E-state index in [-0.39, 0.29) is 29.5 Å². The van der Waals surface area contributed by atoms with Gasteiger partial charge in [0, 0.05) is 5.92 Å². The normalized spacial score (nSPS) is 23.6. The molecule has 8 heteroatoms. The first-order valence-corrected chi connectivity index (χ1v) is 7.05. The van der Waals surface area contributed by atoms with Crippen molar-refractivity contribution in [3.05, 3.63) is 10.7 Å². The summed E-state index contributed by atoms with van der Waals surface area (Å²) in [6.45, 7) is 0. The second-order valence-electron chi connectivity index (χ2n) is 4.85. The summed E-state index contributed by atoms with van der Waals surface area (Å²) in [5, 5.41) is 0.883. The number of methoxy groups -OCH3 is 1. The molecule has 0 bridgehead atoms. The van der Waals surface area contributed by atoms with Crippen LogP contribution in [-0.4, -0.2) is 24.2 Å². The van der Waals surface area contributed by atoms with Crippen LogP contribution in [0.4, 0.5) is 18.2 Å². The molecule has 112 valence electrons. The highest BCUT2D eigenvalue weighted by Gasteiger charge is 2.42. The van der Waals surface area contributed by atoms with Gasteiger partial charge in [0.05, 0.1) is 18.0 Å². The van der Waals surface area contributed by atoms with Crippen molar-refractivity contribution in [2.75, 3.05) is 12.8 Å². The number of thiazole rings is 1. The van der Waals surface area contributed by atoms with Crippen LogP contribution in [0.15, 0.2) is 0 Å². The number of esters is 1. The Balaban J connectivity index is 2.06. The molecule has 0 aromatic carbocycles. The standard InChI is InChI=1S/C12H15F3N2O2S/c1-19-11(18)8-9(16)20-10(17-8)6-2-4-7(5-3-6)12(13,14)15/h6-7H,2-5,16H2,1H3. The van der Waals surface area contributed by atoms with Gasteiger partial charge in [-0.05, 0) is 25.7 Å². The fourth-order valence-electron chi connectivity index (χ4n) is 2.43. The number of carbonyl (C=O) groups excluding carboxylic acids is 1. The molecule has 20 heavy (non-hydrogen) atoms. The third-order valence-corrected chi connectivity index (χ3v) is 4.64. The Bertz CT molecular complexity index is 493. The van der Waals surface area contributed by atoms with Gasteiger partial charge in [0.1, 0.15) is 5.00 Å². The van der Waals surface area contributed by atoms with Crippen LogP contribution < -0.4 is 5.73 Å². The summed E-state index contributed by atoms with van der Waals surface area (Å²) in [4.78, 5) is 15.5. The molecule has 0 amide bonds. The first kappa shape index (κ1) is 15.1. The van der Waals surface area contributed by atoms with Gasteiger partial charge in [-0.15, -0.1) is 11.3 Å². The lowest BCUT2D eigenvalue weighted by molar-refractivity contribution is -0.182. The zero-order chi connectivity index (χ0) is 14.9. The van der Waals surface area contributed by atoms with Crippen LogP contribution in [0.3, 0.4) is 0 Å². The molecule has 0 atom stereocenters. The minimum Gasteiger partial charge on any atom is -0.464 e. The average Bonchev–Trinajstić information content (AvgIpc) is 2.79. The quantitative estimate of drug-likeness (QED) is 0.851. The summed E-state index contributed by atoms with van der Waals surface area (Å²) >= 11 is 1.16. The molecule has 0 spiro atoms. The topological polar surface area (TPSA) is 65.2 Å². The van der Waals surface area contributed by atoms with Crippen LogP contribution in [0.2, 0.25) is 0 Å². The second kappa shape index (κ2) is 5.59. The number of alkyl halides is 3. The highest BCUT2D eigenvalue weighted by Crippen LogP contribution is 2.44. The average molecular weight is 308 g/mol. The maximum Gasteiger partial charge on any atom is 0.391 e. The SMILES string of the molecule is COC(=O)c1nc(C2CCC(C(F)(F)F)CC2)sc1N. The fourth-order valence-corrected chi connectivity index (χ4v) is 3.42. The lowest BCUT2D eigenvalue weighted by Crippen LogP contribution is -2.27. The van der Waals surface area contributed by atoms with Crippen LogP contribution in [0, 0.1) is 5.92 Å². The minimum atomic E-state index is -4.12. The van der Waals surface area contributed by atoms with Crippen molar-refractivity contribution in [1.82, 2.24) is 4.98 Å². The molecule has 1 aromatic rings. The van der Waals surface area contributed by atoms with Gasteiger partial charge in [0.2, 0.25) is 0 Å². The molecular weight excluding hydrogens is 293 g/mol. The first-order chi connectivity index (χ1) is 9.32. The summed E-state index contributed by atoms with van der Waals surface area (Å²) in [5.41, 5.74) is 5.76. The van der Waals surface area contributed by atoms with Crippen molar-refractivity contribution in [3.8, 4) is 0 Å². The summed E-state index contributed by atoms with van der Waals surface area (Å²) in [6.07, 6.45) is -3.10. The zero-order valence-electron chi connectivity index (χ0n) is 10.9. The van der Waals surface area contributed by atoms with Gasteiger partial charge in [0.25, 0.3) is 0 Å². The van der Waals surface area contributed by atoms with E-state index >= 15 is 0 Å². The summed E-state index contributed by atoms with van der Waals surface area (Å²) in [7, 11) is 1.23. The van der Waals surface area contributed by atoms with Gasteiger partial charge in [-0.25, -0.2) is 9.78 Å². The van der Waals surface area contributed by atoms with E-state index in [1.165, 1.54) is 7.11 Å². The van der Waals surface area contributed by atoms with E-state index < -0.39 is 18.1 Å². The Morgan fingerprint density at radius 3 is 2.45 bits per heavy atom. The van der Waals surface area contributed by atoms with Crippen LogP contribution in [0.1, 0.15) is 47.1 Å². The van der Waals surface area contributed by atoms with Gasteiger partial charge in [-0.3, -0.25) is 0 Å². The molecule has 1 aliphatic rings. The van der Waals surface area contributed by atoms with Crippen LogP contribution >= 0.6 is 11.3 Å². The smallest absolute Gasteiger partial charge is 0.391 e. The summed E-state index contributed by atoms with van der Waals surface area (Å²) in [5.74, 6) is -1.90. The number of carbonyl (C=O) groups is 1. The monoisotopic (exact) mass is 308 g/mol. The molecule has 0 aliphatic heterocycles. The van der Waals surface area contributed by atoms with E-state index in [0.29, 0.717) is 17.8 Å². The van der Waals surface area contributed by atoms with Crippen LogP contribution in [0.5, 0.6) is 0 Å². The zero-order valence-corrected chi connectivity index (χ0v) is 11.7. The Labute approximate surface area is 118 Å². The highest BCUT2D eigenvalue weighted by molar-refractivity contribution is 7.16. The Hall–Kier alpha value is -1.31. The van der Waals surface area contributed by atoms with E-state index in [4.69, 9.17) is 5.73 Å². The summed E-state index contributed by atoms with van der Waals surface area (Å²) in [6, 6.07) is 0. The summed E-state index contributed by atoms with van der Waals surface area (Å²) < 4.78 is 42.3. The van der Waals surface area contributed by atoms with Crippen LogP contribution in [0.25, 0.3) is 0 Å². The molecule has 1 heterocycles. The Kier molecular flexibility index (Phi) is 4.22. The molecular formula is C12H15F3N2O2S. The fraction of sp³-hybridized carbons (Fsp3) is 0.667. The van der Waals surface area contributed by atoms with Crippen molar-refractivity contribution in [1.29, 1.82) is 0 Å². The van der Waals surface area contributed by atoms with E-state index in [1.54, 1.807) is 0 Å². The molecule has 1 fully saturated rings. The number of hydrogen-bond donors (Lipinski definition) is 1. The van der Waals surface area contributed by atoms with Crippen molar-refractivity contribution in [3.63, 3.8) is 0 Å². The third kappa shape index (κ3) is 3.05. The number of halogens is 3. The van der Waals surface area contributed by atoms with Gasteiger partial charge >= 0.3 is 12.1 Å². The minimum absolute atomic E-state index is 0.0562. The van der Waals surface area contributed by atoms with Crippen molar-refractivity contribution < 1.29 is 22.7 Å². The number of ether oxygens (including phenoxy) is 1. The van der Waals surface area contributed by atoms with E-state index in [2.05, 4.69) is 9.72 Å². The number of hydrogen-bond acceptors (Lipinski definition) is 5. The molecule has 0 radical (unpaired) electrons. The number of anilines is 1. The molecule has 4 nitrogen and oxygen atoms in total. The third-order valence-electron chi connectivity index (χ3n) is 3.59. The number of nitrogen functional groups attached to an aromatic ring is 1. The predicted octanol–water partition coefficient (Wildman–Crippen LogP) is 3.35. The number of nitrogens with two attached hydrogens (primary N) is 1. The van der Waals surface area contributed by atoms with Gasteiger partial charge in [-0.2, -0.15) is 13.2 Å². The molecule has 1 aromatic heterocycles. The van der Waals surface area contributed by atoms with Gasteiger partial charge in [-0.1, -0.05) is 0 Å². The second-order valence-corrected chi connectivity index (χ2v) is 5.91. The molecule has 2 rings (SSSR count). The van der Waals surface area contributed by atoms with E-state index in [0.717, 1.165) is 11.3 Å². The number of nitrogens with zero attached hydrogens (tertiary/aromatic N) is 1. The maximum absolute atomic E-state index is 12.6. The molecule has 1 saturated carbocycles. The van der Waals surface area contributed by atoms with E-state index in [9.17, 15) is 18.0 Å².